The second kappa shape index (κ2) is 7.96. The number of nitrogens with one attached hydrogen (secondary N) is 1. The Morgan fingerprint density at radius 3 is 2.85 bits per heavy atom. The molecule has 1 saturated heterocycles. The highest BCUT2D eigenvalue weighted by molar-refractivity contribution is 5.99. The lowest BCUT2D eigenvalue weighted by Gasteiger charge is -2.28. The van der Waals surface area contributed by atoms with Crippen molar-refractivity contribution in [3.05, 3.63) is 59.2 Å². The van der Waals surface area contributed by atoms with E-state index in [1.165, 1.54) is 6.07 Å². The highest BCUT2D eigenvalue weighted by Crippen LogP contribution is 2.46. The number of carbonyl (C=O) groups is 1. The Morgan fingerprint density at radius 1 is 1.38 bits per heavy atom. The number of hydrogen-bond donors (Lipinski definition) is 2. The van der Waals surface area contributed by atoms with Crippen LogP contribution in [0.4, 0.5) is 4.39 Å². The fraction of sp³-hybridized carbons (Fsp3) is 0.346. The van der Waals surface area contributed by atoms with E-state index in [4.69, 9.17) is 4.74 Å². The minimum atomic E-state index is -0.978. The maximum absolute atomic E-state index is 14.2. The minimum absolute atomic E-state index is 0.167. The van der Waals surface area contributed by atoms with Gasteiger partial charge in [0.2, 0.25) is 0 Å². The number of carboxylic acid groups (broad SMARTS) is 1. The third kappa shape index (κ3) is 3.44. The van der Waals surface area contributed by atoms with Crippen LogP contribution in [-0.4, -0.2) is 38.6 Å². The Bertz CT molecular complexity index is 1480. The summed E-state index contributed by atoms with van der Waals surface area (Å²) >= 11 is 0. The van der Waals surface area contributed by atoms with Crippen molar-refractivity contribution in [2.24, 2.45) is 0 Å². The fourth-order valence-corrected chi connectivity index (χ4v) is 5.15. The van der Waals surface area contributed by atoms with Crippen LogP contribution in [0.5, 0.6) is 0 Å². The largest absolute Gasteiger partial charge is 0.479 e. The van der Waals surface area contributed by atoms with Gasteiger partial charge in [-0.25, -0.2) is 9.18 Å². The Balaban J connectivity index is 1.89. The van der Waals surface area contributed by atoms with Crippen molar-refractivity contribution in [3.8, 4) is 11.8 Å². The van der Waals surface area contributed by atoms with E-state index < -0.39 is 17.5 Å². The van der Waals surface area contributed by atoms with Crippen LogP contribution in [0.15, 0.2) is 36.5 Å². The van der Waals surface area contributed by atoms with E-state index >= 15 is 0 Å². The monoisotopic (exact) mass is 460 g/mol. The normalized spacial score (nSPS) is 18.6. The number of aliphatic carboxylic acids is 1. The molecular weight excluding hydrogens is 435 g/mol. The predicted molar refractivity (Wildman–Crippen MR) is 126 cm³/mol. The zero-order valence-electron chi connectivity index (χ0n) is 19.2. The van der Waals surface area contributed by atoms with Gasteiger partial charge in [-0.3, -0.25) is 5.10 Å². The Morgan fingerprint density at radius 2 is 2.18 bits per heavy atom. The predicted octanol–water partition coefficient (Wildman–Crippen LogP) is 5.10. The molecule has 2 aromatic carbocycles. The van der Waals surface area contributed by atoms with Crippen LogP contribution < -0.4 is 0 Å². The van der Waals surface area contributed by atoms with E-state index in [9.17, 15) is 19.6 Å². The Labute approximate surface area is 195 Å². The molecule has 0 radical (unpaired) electrons. The molecule has 2 N–H and O–H groups in total. The van der Waals surface area contributed by atoms with E-state index in [1.54, 1.807) is 25.3 Å². The topological polar surface area (TPSA) is 104 Å². The second-order valence-electron chi connectivity index (χ2n) is 9.67. The first-order valence-electron chi connectivity index (χ1n) is 11.2. The minimum Gasteiger partial charge on any atom is -0.479 e. The zero-order valence-corrected chi connectivity index (χ0v) is 19.2. The van der Waals surface area contributed by atoms with Gasteiger partial charge in [0, 0.05) is 39.9 Å². The van der Waals surface area contributed by atoms with E-state index in [0.29, 0.717) is 12.0 Å². The van der Waals surface area contributed by atoms with Crippen molar-refractivity contribution >= 4 is 27.8 Å². The number of halogens is 1. The average Bonchev–Trinajstić information content (AvgIpc) is 3.50. The van der Waals surface area contributed by atoms with Gasteiger partial charge in [-0.2, -0.15) is 10.4 Å². The lowest BCUT2D eigenvalue weighted by Crippen LogP contribution is -2.24. The molecule has 4 aromatic rings. The molecule has 0 aliphatic carbocycles. The summed E-state index contributed by atoms with van der Waals surface area (Å²) in [5, 5.41) is 28.2. The van der Waals surface area contributed by atoms with Crippen molar-refractivity contribution in [1.82, 2.24) is 14.8 Å². The van der Waals surface area contributed by atoms with Gasteiger partial charge in [-0.05, 0) is 54.8 Å². The van der Waals surface area contributed by atoms with Crippen molar-refractivity contribution in [2.45, 2.75) is 51.0 Å². The number of fused-ring (bicyclic) bond motifs is 2. The second-order valence-corrected chi connectivity index (χ2v) is 9.67. The molecule has 34 heavy (non-hydrogen) atoms. The summed E-state index contributed by atoms with van der Waals surface area (Å²) < 4.78 is 21.9. The quantitative estimate of drug-likeness (QED) is 0.431. The van der Waals surface area contributed by atoms with Crippen LogP contribution in [-0.2, 0) is 14.9 Å². The van der Waals surface area contributed by atoms with Gasteiger partial charge >= 0.3 is 5.97 Å². The lowest BCUT2D eigenvalue weighted by molar-refractivity contribution is -0.147. The van der Waals surface area contributed by atoms with Crippen molar-refractivity contribution in [2.75, 3.05) is 6.61 Å². The maximum Gasteiger partial charge on any atom is 0.332 e. The van der Waals surface area contributed by atoms with Gasteiger partial charge in [-0.1, -0.05) is 13.8 Å². The first-order chi connectivity index (χ1) is 16.2. The van der Waals surface area contributed by atoms with E-state index in [0.717, 1.165) is 38.8 Å². The average molecular weight is 461 g/mol. The Hall–Kier alpha value is -3.70. The number of nitriles is 1. The van der Waals surface area contributed by atoms with Gasteiger partial charge < -0.3 is 14.4 Å². The molecule has 0 spiro atoms. The number of nitrogens with zero attached hydrogens (tertiary/aromatic N) is 3. The van der Waals surface area contributed by atoms with Crippen LogP contribution in [0.2, 0.25) is 0 Å². The van der Waals surface area contributed by atoms with Crippen molar-refractivity contribution < 1.29 is 19.0 Å². The van der Waals surface area contributed by atoms with E-state index in [2.05, 4.69) is 20.8 Å². The summed E-state index contributed by atoms with van der Waals surface area (Å²) in [6.07, 6.45) is 1.47. The van der Waals surface area contributed by atoms with Gasteiger partial charge in [0.25, 0.3) is 0 Å². The molecule has 0 bridgehead atoms. The third-order valence-corrected chi connectivity index (χ3v) is 6.81. The molecule has 0 saturated carbocycles. The van der Waals surface area contributed by atoms with Crippen molar-refractivity contribution in [3.63, 3.8) is 0 Å². The van der Waals surface area contributed by atoms with E-state index in [-0.39, 0.29) is 24.8 Å². The summed E-state index contributed by atoms with van der Waals surface area (Å²) in [7, 11) is 0. The SMILES string of the molecule is Cc1cc(-n2c(C(C)(C)CC#N)c(C3COC(C(=O)O)C3)c3cc4[nH]ncc4cc32)ccc1F. The summed E-state index contributed by atoms with van der Waals surface area (Å²) in [6.45, 7) is 6.02. The molecule has 1 fully saturated rings. The number of rotatable bonds is 5. The van der Waals surface area contributed by atoms with Gasteiger partial charge in [0.1, 0.15) is 5.82 Å². The van der Waals surface area contributed by atoms with Gasteiger partial charge in [0.15, 0.2) is 6.10 Å². The molecule has 1 aliphatic heterocycles. The smallest absolute Gasteiger partial charge is 0.332 e. The van der Waals surface area contributed by atoms with Gasteiger partial charge in [0.05, 0.1) is 29.9 Å². The third-order valence-electron chi connectivity index (χ3n) is 6.81. The van der Waals surface area contributed by atoms with E-state index in [1.807, 2.05) is 26.0 Å². The molecular formula is C26H25FN4O3. The molecule has 2 aromatic heterocycles. The lowest BCUT2D eigenvalue weighted by atomic mass is 9.79. The first-order valence-corrected chi connectivity index (χ1v) is 11.2. The fourth-order valence-electron chi connectivity index (χ4n) is 5.15. The molecule has 8 heteroatoms. The summed E-state index contributed by atoms with van der Waals surface area (Å²) in [5.74, 6) is -1.43. The Kier molecular flexibility index (Phi) is 5.18. The van der Waals surface area contributed by atoms with Gasteiger partial charge in [-0.15, -0.1) is 0 Å². The molecule has 0 amide bonds. The van der Waals surface area contributed by atoms with Crippen LogP contribution >= 0.6 is 0 Å². The number of aromatic amines is 1. The molecule has 2 atom stereocenters. The number of carboxylic acids is 1. The van der Waals surface area contributed by atoms with Crippen LogP contribution in [0.25, 0.3) is 27.5 Å². The van der Waals surface area contributed by atoms with Crippen LogP contribution in [0.3, 0.4) is 0 Å². The highest BCUT2D eigenvalue weighted by atomic mass is 19.1. The van der Waals surface area contributed by atoms with Crippen LogP contribution in [0.1, 0.15) is 49.4 Å². The zero-order chi connectivity index (χ0) is 24.2. The molecule has 7 nitrogen and oxygen atoms in total. The molecule has 5 rings (SSSR count). The number of aryl methyl sites for hydroxylation is 1. The number of hydrogen-bond acceptors (Lipinski definition) is 4. The first kappa shape index (κ1) is 22.1. The standard InChI is InChI=1S/C26H25FN4O3/c1-14-8-17(4-5-19(14)27)31-21-9-15-12-29-30-20(15)11-18(21)23(24(31)26(2,3)6-7-28)16-10-22(25(32)33)34-13-16/h4-5,8-9,11-12,16,22H,6,10,13H2,1-3H3,(H,29,30)(H,32,33). The maximum atomic E-state index is 14.2. The summed E-state index contributed by atoms with van der Waals surface area (Å²) in [6, 6.07) is 11.4. The summed E-state index contributed by atoms with van der Waals surface area (Å²) in [4.78, 5) is 11.6. The summed E-state index contributed by atoms with van der Waals surface area (Å²) in [5.41, 5.74) is 4.37. The number of ether oxygens (including phenoxy) is 1. The number of benzene rings is 2. The number of H-pyrrole nitrogens is 1. The molecule has 1 aliphatic rings. The number of aromatic nitrogens is 3. The van der Waals surface area contributed by atoms with Crippen LogP contribution in [0, 0.1) is 24.1 Å². The molecule has 174 valence electrons. The van der Waals surface area contributed by atoms with Crippen molar-refractivity contribution in [1.29, 1.82) is 5.26 Å². The highest BCUT2D eigenvalue weighted by Gasteiger charge is 2.39. The molecule has 3 heterocycles. The molecule has 2 unspecified atom stereocenters.